The lowest BCUT2D eigenvalue weighted by atomic mass is 9.97. The Hall–Kier alpha value is -6.13. The molecule has 7 aromatic carbocycles. The fourth-order valence-corrected chi connectivity index (χ4v) is 6.32. The topological polar surface area (TPSA) is 51.8 Å². The summed E-state index contributed by atoms with van der Waals surface area (Å²) in [6.45, 7) is 0. The van der Waals surface area contributed by atoms with E-state index in [9.17, 15) is 0 Å². The Kier molecular flexibility index (Phi) is 5.78. The van der Waals surface area contributed by atoms with E-state index in [1.165, 1.54) is 21.5 Å². The van der Waals surface area contributed by atoms with E-state index in [0.29, 0.717) is 17.5 Å². The van der Waals surface area contributed by atoms with Gasteiger partial charge >= 0.3 is 0 Å². The molecule has 2 aromatic heterocycles. The standard InChI is InChI=1S/C41H25N3O/c1-3-10-26(11-4-1)30-15-9-16-31(24-30)40-42-39(29-13-5-2-6-14-29)43-41(44-40)32-21-22-35-34(25-32)38-36(45-35)23-20-28-19-18-27-12-7-8-17-33(27)37(28)38/h1-25H. The first-order valence-corrected chi connectivity index (χ1v) is 15.0. The summed E-state index contributed by atoms with van der Waals surface area (Å²) < 4.78 is 6.39. The Bertz CT molecular complexity index is 2540. The van der Waals surface area contributed by atoms with Gasteiger partial charge in [-0.3, -0.25) is 0 Å². The maximum atomic E-state index is 6.39. The number of hydrogen-bond donors (Lipinski definition) is 0. The minimum absolute atomic E-state index is 0.616. The van der Waals surface area contributed by atoms with E-state index in [1.807, 2.05) is 48.5 Å². The van der Waals surface area contributed by atoms with Gasteiger partial charge in [0.1, 0.15) is 11.2 Å². The maximum Gasteiger partial charge on any atom is 0.164 e. The number of benzene rings is 7. The van der Waals surface area contributed by atoms with E-state index in [-0.39, 0.29) is 0 Å². The molecule has 0 unspecified atom stereocenters. The summed E-state index contributed by atoms with van der Waals surface area (Å²) >= 11 is 0. The average molecular weight is 576 g/mol. The van der Waals surface area contributed by atoms with Crippen LogP contribution in [0.4, 0.5) is 0 Å². The summed E-state index contributed by atoms with van der Waals surface area (Å²) in [4.78, 5) is 15.0. The van der Waals surface area contributed by atoms with Crippen molar-refractivity contribution in [3.05, 3.63) is 152 Å². The first kappa shape index (κ1) is 25.4. The van der Waals surface area contributed by atoms with Gasteiger partial charge in [-0.2, -0.15) is 0 Å². The first-order valence-electron chi connectivity index (χ1n) is 15.0. The lowest BCUT2D eigenvalue weighted by molar-refractivity contribution is 0.669. The Morgan fingerprint density at radius 3 is 1.71 bits per heavy atom. The molecule has 2 heterocycles. The minimum atomic E-state index is 0.616. The zero-order valence-corrected chi connectivity index (χ0v) is 24.2. The van der Waals surface area contributed by atoms with Crippen LogP contribution in [0, 0.1) is 0 Å². The molecule has 9 rings (SSSR count). The second kappa shape index (κ2) is 10.2. The first-order chi connectivity index (χ1) is 22.3. The highest BCUT2D eigenvalue weighted by molar-refractivity contribution is 6.26. The van der Waals surface area contributed by atoms with Crippen molar-refractivity contribution in [1.29, 1.82) is 0 Å². The fourth-order valence-electron chi connectivity index (χ4n) is 6.32. The van der Waals surface area contributed by atoms with Gasteiger partial charge in [0.25, 0.3) is 0 Å². The third kappa shape index (κ3) is 4.35. The van der Waals surface area contributed by atoms with Crippen LogP contribution in [0.2, 0.25) is 0 Å². The van der Waals surface area contributed by atoms with Crippen LogP contribution in [-0.4, -0.2) is 15.0 Å². The average Bonchev–Trinajstić information content (AvgIpc) is 3.50. The third-order valence-corrected chi connectivity index (χ3v) is 8.49. The van der Waals surface area contributed by atoms with Crippen molar-refractivity contribution in [3.8, 4) is 45.3 Å². The van der Waals surface area contributed by atoms with Crippen LogP contribution in [-0.2, 0) is 0 Å². The zero-order chi connectivity index (χ0) is 29.7. The molecular weight excluding hydrogens is 550 g/mol. The summed E-state index contributed by atoms with van der Waals surface area (Å²) in [5.41, 5.74) is 6.74. The van der Waals surface area contributed by atoms with Gasteiger partial charge in [-0.05, 0) is 57.6 Å². The molecule has 45 heavy (non-hydrogen) atoms. The molecular formula is C41H25N3O. The largest absolute Gasteiger partial charge is 0.456 e. The molecule has 0 saturated carbocycles. The highest BCUT2D eigenvalue weighted by atomic mass is 16.3. The molecule has 0 N–H and O–H groups in total. The summed E-state index contributed by atoms with van der Waals surface area (Å²) in [5.74, 6) is 1.88. The molecule has 0 amide bonds. The quantitative estimate of drug-likeness (QED) is 0.196. The van der Waals surface area contributed by atoms with Gasteiger partial charge in [0.05, 0.1) is 0 Å². The van der Waals surface area contributed by atoms with Gasteiger partial charge in [0, 0.05) is 32.8 Å². The van der Waals surface area contributed by atoms with E-state index in [0.717, 1.165) is 49.8 Å². The van der Waals surface area contributed by atoms with Crippen LogP contribution in [0.25, 0.3) is 88.8 Å². The molecule has 210 valence electrons. The minimum Gasteiger partial charge on any atom is -0.456 e. The molecule has 0 aliphatic heterocycles. The molecule has 0 spiro atoms. The number of rotatable bonds is 4. The van der Waals surface area contributed by atoms with Crippen molar-refractivity contribution < 1.29 is 4.42 Å². The maximum absolute atomic E-state index is 6.39. The number of furan rings is 1. The summed E-state index contributed by atoms with van der Waals surface area (Å²) in [6.07, 6.45) is 0. The van der Waals surface area contributed by atoms with Gasteiger partial charge < -0.3 is 4.42 Å². The van der Waals surface area contributed by atoms with Crippen LogP contribution in [0.15, 0.2) is 156 Å². The van der Waals surface area contributed by atoms with Crippen molar-refractivity contribution >= 4 is 43.5 Å². The molecule has 0 radical (unpaired) electrons. The molecule has 4 nitrogen and oxygen atoms in total. The highest BCUT2D eigenvalue weighted by Crippen LogP contribution is 2.39. The van der Waals surface area contributed by atoms with E-state index in [4.69, 9.17) is 19.4 Å². The monoisotopic (exact) mass is 575 g/mol. The SMILES string of the molecule is c1ccc(-c2cccc(-c3nc(-c4ccccc4)nc(-c4ccc5oc6ccc7ccc8ccccc8c7c6c5c4)n3)c2)cc1. The lowest BCUT2D eigenvalue weighted by Gasteiger charge is -2.10. The van der Waals surface area contributed by atoms with Crippen molar-refractivity contribution in [3.63, 3.8) is 0 Å². The van der Waals surface area contributed by atoms with Crippen LogP contribution < -0.4 is 0 Å². The Balaban J connectivity index is 1.27. The Morgan fingerprint density at radius 2 is 0.911 bits per heavy atom. The molecule has 0 aliphatic rings. The number of hydrogen-bond acceptors (Lipinski definition) is 4. The summed E-state index contributed by atoms with van der Waals surface area (Å²) in [7, 11) is 0. The van der Waals surface area contributed by atoms with E-state index >= 15 is 0 Å². The second-order valence-corrected chi connectivity index (χ2v) is 11.3. The molecule has 4 heteroatoms. The number of aromatic nitrogens is 3. The summed E-state index contributed by atoms with van der Waals surface area (Å²) in [6, 6.07) is 52.2. The Labute approximate surface area is 259 Å². The lowest BCUT2D eigenvalue weighted by Crippen LogP contribution is -2.00. The molecule has 0 bridgehead atoms. The molecule has 0 aliphatic carbocycles. The van der Waals surface area contributed by atoms with Crippen molar-refractivity contribution in [2.45, 2.75) is 0 Å². The van der Waals surface area contributed by atoms with Crippen molar-refractivity contribution in [1.82, 2.24) is 15.0 Å². The van der Waals surface area contributed by atoms with Gasteiger partial charge in [0.15, 0.2) is 17.5 Å². The van der Waals surface area contributed by atoms with E-state index < -0.39 is 0 Å². The Morgan fingerprint density at radius 1 is 0.333 bits per heavy atom. The number of fused-ring (bicyclic) bond motifs is 7. The zero-order valence-electron chi connectivity index (χ0n) is 24.2. The molecule has 0 fully saturated rings. The molecule has 0 atom stereocenters. The molecule has 0 saturated heterocycles. The highest BCUT2D eigenvalue weighted by Gasteiger charge is 2.17. The van der Waals surface area contributed by atoms with Crippen LogP contribution in [0.5, 0.6) is 0 Å². The molecule has 9 aromatic rings. The van der Waals surface area contributed by atoms with Gasteiger partial charge in [-0.15, -0.1) is 0 Å². The van der Waals surface area contributed by atoms with Crippen molar-refractivity contribution in [2.24, 2.45) is 0 Å². The fraction of sp³-hybridized carbons (Fsp3) is 0. The van der Waals surface area contributed by atoms with Crippen LogP contribution in [0.3, 0.4) is 0 Å². The predicted octanol–water partition coefficient (Wildman–Crippen LogP) is 10.7. The van der Waals surface area contributed by atoms with Gasteiger partial charge in [0.2, 0.25) is 0 Å². The number of nitrogens with zero attached hydrogens (tertiary/aromatic N) is 3. The van der Waals surface area contributed by atoms with Crippen molar-refractivity contribution in [2.75, 3.05) is 0 Å². The van der Waals surface area contributed by atoms with Crippen LogP contribution in [0.1, 0.15) is 0 Å². The van der Waals surface area contributed by atoms with Crippen LogP contribution >= 0.6 is 0 Å². The predicted molar refractivity (Wildman–Crippen MR) is 184 cm³/mol. The summed E-state index contributed by atoms with van der Waals surface area (Å²) in [5, 5.41) is 6.94. The van der Waals surface area contributed by atoms with Gasteiger partial charge in [-0.1, -0.05) is 121 Å². The van der Waals surface area contributed by atoms with Gasteiger partial charge in [-0.25, -0.2) is 15.0 Å². The normalized spacial score (nSPS) is 11.6. The third-order valence-electron chi connectivity index (χ3n) is 8.49. The van der Waals surface area contributed by atoms with E-state index in [2.05, 4.69) is 103 Å². The van der Waals surface area contributed by atoms with E-state index in [1.54, 1.807) is 0 Å². The second-order valence-electron chi connectivity index (χ2n) is 11.3. The smallest absolute Gasteiger partial charge is 0.164 e.